The van der Waals surface area contributed by atoms with Crippen LogP contribution in [0.4, 0.5) is 0 Å². The van der Waals surface area contributed by atoms with Gasteiger partial charge in [-0.3, -0.25) is 4.79 Å². The normalized spacial score (nSPS) is 16.3. The number of sulfonamides is 1. The SMILES string of the molecule is CCNS(=O)(=O)c1cccc(C(=O)N2CCC(CCNC)CC2)c1. The van der Waals surface area contributed by atoms with Crippen molar-refractivity contribution in [1.82, 2.24) is 14.9 Å². The van der Waals surface area contributed by atoms with Crippen molar-refractivity contribution in [3.8, 4) is 0 Å². The van der Waals surface area contributed by atoms with Gasteiger partial charge in [0.1, 0.15) is 0 Å². The van der Waals surface area contributed by atoms with E-state index in [2.05, 4.69) is 10.0 Å². The molecule has 0 atom stereocenters. The van der Waals surface area contributed by atoms with Crippen LogP contribution in [0.15, 0.2) is 29.2 Å². The first-order chi connectivity index (χ1) is 11.5. The predicted octanol–water partition coefficient (Wildman–Crippen LogP) is 1.45. The first-order valence-corrected chi connectivity index (χ1v) is 10.00. The summed E-state index contributed by atoms with van der Waals surface area (Å²) in [4.78, 5) is 14.6. The van der Waals surface area contributed by atoms with Crippen LogP contribution in [0.2, 0.25) is 0 Å². The van der Waals surface area contributed by atoms with Crippen molar-refractivity contribution in [2.24, 2.45) is 5.92 Å². The van der Waals surface area contributed by atoms with Crippen molar-refractivity contribution in [1.29, 1.82) is 0 Å². The van der Waals surface area contributed by atoms with Gasteiger partial charge in [-0.2, -0.15) is 0 Å². The van der Waals surface area contributed by atoms with Crippen LogP contribution in [-0.2, 0) is 10.0 Å². The summed E-state index contributed by atoms with van der Waals surface area (Å²) in [6.07, 6.45) is 3.14. The molecular weight excluding hydrogens is 326 g/mol. The number of amides is 1. The molecule has 0 saturated carbocycles. The lowest BCUT2D eigenvalue weighted by Gasteiger charge is -2.32. The molecule has 6 nitrogen and oxygen atoms in total. The smallest absolute Gasteiger partial charge is 0.253 e. The summed E-state index contributed by atoms with van der Waals surface area (Å²) >= 11 is 0. The number of nitrogens with zero attached hydrogens (tertiary/aromatic N) is 1. The zero-order chi connectivity index (χ0) is 17.6. The van der Waals surface area contributed by atoms with Crippen molar-refractivity contribution < 1.29 is 13.2 Å². The quantitative estimate of drug-likeness (QED) is 0.778. The molecule has 1 heterocycles. The molecule has 134 valence electrons. The molecule has 0 aromatic heterocycles. The summed E-state index contributed by atoms with van der Waals surface area (Å²) in [5.41, 5.74) is 0.433. The molecule has 1 saturated heterocycles. The minimum atomic E-state index is -3.54. The summed E-state index contributed by atoms with van der Waals surface area (Å²) in [7, 11) is -1.59. The molecule has 0 radical (unpaired) electrons. The molecule has 7 heteroatoms. The number of piperidine rings is 1. The molecule has 0 bridgehead atoms. The van der Waals surface area contributed by atoms with Gasteiger partial charge in [0.25, 0.3) is 5.91 Å². The molecule has 1 aromatic rings. The number of hydrogen-bond acceptors (Lipinski definition) is 4. The van der Waals surface area contributed by atoms with Crippen molar-refractivity contribution in [2.75, 3.05) is 33.2 Å². The fraction of sp³-hybridized carbons (Fsp3) is 0.588. The number of rotatable bonds is 7. The van der Waals surface area contributed by atoms with Crippen molar-refractivity contribution in [3.05, 3.63) is 29.8 Å². The van der Waals surface area contributed by atoms with Gasteiger partial charge in [-0.25, -0.2) is 13.1 Å². The maximum absolute atomic E-state index is 12.7. The van der Waals surface area contributed by atoms with Gasteiger partial charge in [-0.1, -0.05) is 13.0 Å². The number of nitrogens with one attached hydrogen (secondary N) is 2. The second-order valence-corrected chi connectivity index (χ2v) is 7.92. The molecule has 1 aromatic carbocycles. The van der Waals surface area contributed by atoms with E-state index in [1.54, 1.807) is 19.1 Å². The molecule has 2 rings (SSSR count). The third-order valence-electron chi connectivity index (χ3n) is 4.43. The molecule has 1 aliphatic heterocycles. The Hall–Kier alpha value is -1.44. The van der Waals surface area contributed by atoms with E-state index in [0.29, 0.717) is 18.0 Å². The Morgan fingerprint density at radius 1 is 1.29 bits per heavy atom. The third-order valence-corrected chi connectivity index (χ3v) is 5.97. The van der Waals surface area contributed by atoms with E-state index < -0.39 is 10.0 Å². The molecule has 0 spiro atoms. The van der Waals surface area contributed by atoms with Gasteiger partial charge in [0.05, 0.1) is 4.90 Å². The highest BCUT2D eigenvalue weighted by Crippen LogP contribution is 2.22. The standard InChI is InChI=1S/C17H27N3O3S/c1-3-19-24(22,23)16-6-4-5-15(13-16)17(21)20-11-8-14(9-12-20)7-10-18-2/h4-6,13-14,18-19H,3,7-12H2,1-2H3. The minimum absolute atomic E-state index is 0.0874. The maximum Gasteiger partial charge on any atom is 0.253 e. The van der Waals surface area contributed by atoms with Gasteiger partial charge in [-0.05, 0) is 57.0 Å². The summed E-state index contributed by atoms with van der Waals surface area (Å²) in [5, 5.41) is 3.16. The number of carbonyl (C=O) groups excluding carboxylic acids is 1. The lowest BCUT2D eigenvalue weighted by molar-refractivity contribution is 0.0687. The van der Waals surface area contributed by atoms with Gasteiger partial charge >= 0.3 is 0 Å². The summed E-state index contributed by atoms with van der Waals surface area (Å²) in [5.74, 6) is 0.567. The van der Waals surface area contributed by atoms with Crippen LogP contribution in [0.3, 0.4) is 0 Å². The Kier molecular flexibility index (Phi) is 6.77. The zero-order valence-electron chi connectivity index (χ0n) is 14.4. The molecule has 1 amide bonds. The number of benzene rings is 1. The van der Waals surface area contributed by atoms with Crippen LogP contribution in [0.5, 0.6) is 0 Å². The Balaban J connectivity index is 2.03. The molecule has 1 aliphatic rings. The summed E-state index contributed by atoms with van der Waals surface area (Å²) in [6.45, 7) is 4.52. The maximum atomic E-state index is 12.7. The Bertz CT molecular complexity index is 653. The van der Waals surface area contributed by atoms with Crippen LogP contribution in [0.1, 0.15) is 36.5 Å². The van der Waals surface area contributed by atoms with E-state index in [1.807, 2.05) is 11.9 Å². The number of likely N-dealkylation sites (tertiary alicyclic amines) is 1. The zero-order valence-corrected chi connectivity index (χ0v) is 15.2. The average Bonchev–Trinajstić information content (AvgIpc) is 2.60. The number of carbonyl (C=O) groups is 1. The van der Waals surface area contributed by atoms with Gasteiger partial charge < -0.3 is 10.2 Å². The molecule has 2 N–H and O–H groups in total. The van der Waals surface area contributed by atoms with E-state index in [-0.39, 0.29) is 10.8 Å². The van der Waals surface area contributed by atoms with E-state index in [0.717, 1.165) is 38.9 Å². The number of hydrogen-bond donors (Lipinski definition) is 2. The van der Waals surface area contributed by atoms with Crippen LogP contribution < -0.4 is 10.0 Å². The first-order valence-electron chi connectivity index (χ1n) is 8.51. The van der Waals surface area contributed by atoms with Crippen LogP contribution in [0, 0.1) is 5.92 Å². The largest absolute Gasteiger partial charge is 0.339 e. The second kappa shape index (κ2) is 8.60. The first kappa shape index (κ1) is 18.9. The summed E-state index contributed by atoms with van der Waals surface area (Å²) in [6, 6.07) is 6.28. The van der Waals surface area contributed by atoms with E-state index in [1.165, 1.54) is 12.1 Å². The van der Waals surface area contributed by atoms with Crippen LogP contribution in [-0.4, -0.2) is 52.5 Å². The van der Waals surface area contributed by atoms with Gasteiger partial charge in [0, 0.05) is 25.2 Å². The topological polar surface area (TPSA) is 78.5 Å². The molecule has 0 unspecified atom stereocenters. The van der Waals surface area contributed by atoms with Crippen molar-refractivity contribution in [2.45, 2.75) is 31.1 Å². The lowest BCUT2D eigenvalue weighted by Crippen LogP contribution is -2.39. The van der Waals surface area contributed by atoms with Gasteiger partial charge in [0.2, 0.25) is 10.0 Å². The van der Waals surface area contributed by atoms with E-state index in [4.69, 9.17) is 0 Å². The highest BCUT2D eigenvalue weighted by atomic mass is 32.2. The fourth-order valence-corrected chi connectivity index (χ4v) is 4.11. The molecule has 1 fully saturated rings. The second-order valence-electron chi connectivity index (χ2n) is 6.16. The van der Waals surface area contributed by atoms with E-state index in [9.17, 15) is 13.2 Å². The fourth-order valence-electron chi connectivity index (χ4n) is 3.03. The predicted molar refractivity (Wildman–Crippen MR) is 94.5 cm³/mol. The highest BCUT2D eigenvalue weighted by Gasteiger charge is 2.24. The Morgan fingerprint density at radius 3 is 2.62 bits per heavy atom. The van der Waals surface area contributed by atoms with Gasteiger partial charge in [-0.15, -0.1) is 0 Å². The van der Waals surface area contributed by atoms with Crippen LogP contribution in [0.25, 0.3) is 0 Å². The van der Waals surface area contributed by atoms with Crippen molar-refractivity contribution >= 4 is 15.9 Å². The van der Waals surface area contributed by atoms with Crippen molar-refractivity contribution in [3.63, 3.8) is 0 Å². The lowest BCUT2D eigenvalue weighted by atomic mass is 9.93. The third kappa shape index (κ3) is 4.78. The Morgan fingerprint density at radius 2 is 2.00 bits per heavy atom. The monoisotopic (exact) mass is 353 g/mol. The van der Waals surface area contributed by atoms with Crippen LogP contribution >= 0.6 is 0 Å². The van der Waals surface area contributed by atoms with Gasteiger partial charge in [0.15, 0.2) is 0 Å². The molecule has 24 heavy (non-hydrogen) atoms. The molecule has 0 aliphatic carbocycles. The minimum Gasteiger partial charge on any atom is -0.339 e. The molecular formula is C17H27N3O3S. The van der Waals surface area contributed by atoms with E-state index >= 15 is 0 Å². The Labute approximate surface area is 144 Å². The average molecular weight is 353 g/mol. The highest BCUT2D eigenvalue weighted by molar-refractivity contribution is 7.89. The summed E-state index contributed by atoms with van der Waals surface area (Å²) < 4.78 is 26.6.